The number of hydrogen-bond donors (Lipinski definition) is 2. The summed E-state index contributed by atoms with van der Waals surface area (Å²) in [5.41, 5.74) is 3.53. The van der Waals surface area contributed by atoms with Gasteiger partial charge in [-0.1, -0.05) is 83.4 Å². The standard InChI is InChI=1S/C40H48BrN5O5Si/c1-27-38(52(2,3)50)36(19-21-44-25-34(42-43-44)32(26-47)29-13-7-6-8-14-29)51-40(27)33-23-30(41)17-18-35(33)46(39(40)49)24-28-12-11-15-31(22-28)45-20-10-5-4-9-16-37(45)48/h6-8,11-15,17-18,22-23,25,27,32,36,38,47,50H,4-5,9-10,16,19-21,24,26H2,1-3H3/t27-,32?,36+,38-,40+/m1/s1. The van der Waals surface area contributed by atoms with E-state index in [0.717, 1.165) is 58.2 Å². The maximum absolute atomic E-state index is 15.0. The van der Waals surface area contributed by atoms with Crippen LogP contribution in [0, 0.1) is 5.92 Å². The minimum Gasteiger partial charge on any atom is -0.432 e. The lowest BCUT2D eigenvalue weighted by Gasteiger charge is -2.32. The highest BCUT2D eigenvalue weighted by atomic mass is 79.9. The van der Waals surface area contributed by atoms with Crippen LogP contribution in [-0.4, -0.2) is 64.3 Å². The number of amides is 2. The number of aliphatic hydroxyl groups excluding tert-OH is 1. The zero-order valence-electron chi connectivity index (χ0n) is 30.1. The molecule has 1 spiro atoms. The number of carbonyl (C=O) groups is 2. The number of rotatable bonds is 10. The van der Waals surface area contributed by atoms with Crippen molar-refractivity contribution in [1.82, 2.24) is 15.0 Å². The highest BCUT2D eigenvalue weighted by Gasteiger charge is 2.66. The molecule has 7 rings (SSSR count). The van der Waals surface area contributed by atoms with Gasteiger partial charge >= 0.3 is 0 Å². The van der Waals surface area contributed by atoms with Crippen LogP contribution in [0.4, 0.5) is 11.4 Å². The predicted octanol–water partition coefficient (Wildman–Crippen LogP) is 6.90. The Morgan fingerprint density at radius 3 is 2.58 bits per heavy atom. The summed E-state index contributed by atoms with van der Waals surface area (Å²) in [6, 6.07) is 23.7. The number of hydrogen-bond acceptors (Lipinski definition) is 7. The molecule has 4 heterocycles. The fourth-order valence-electron chi connectivity index (χ4n) is 8.81. The van der Waals surface area contributed by atoms with E-state index in [2.05, 4.69) is 33.2 Å². The van der Waals surface area contributed by atoms with Crippen LogP contribution in [0.1, 0.15) is 73.8 Å². The van der Waals surface area contributed by atoms with Gasteiger partial charge in [-0.15, -0.1) is 5.10 Å². The summed E-state index contributed by atoms with van der Waals surface area (Å²) in [5, 5.41) is 19.0. The Labute approximate surface area is 315 Å². The maximum Gasteiger partial charge on any atom is 0.264 e. The van der Waals surface area contributed by atoms with Gasteiger partial charge in [0.15, 0.2) is 13.9 Å². The first kappa shape index (κ1) is 36.7. The summed E-state index contributed by atoms with van der Waals surface area (Å²) in [6.45, 7) is 7.32. The lowest BCUT2D eigenvalue weighted by Crippen LogP contribution is -2.46. The molecule has 2 amide bonds. The Balaban J connectivity index is 1.16. The SMILES string of the molecule is C[C@@H]1[C@@H]([Si](C)(C)O)[C@H](CCn2cc(C(CO)c3ccccc3)nn2)O[C@@]12C(=O)N(Cc1cccc(N3CCCCCCC3=O)c1)c1ccc(Br)cc12. The largest absolute Gasteiger partial charge is 0.432 e. The lowest BCUT2D eigenvalue weighted by atomic mass is 9.82. The average Bonchev–Trinajstić information content (AvgIpc) is 3.77. The number of ether oxygens (including phenoxy) is 1. The second-order valence-corrected chi connectivity index (χ2v) is 20.0. The number of benzene rings is 3. The lowest BCUT2D eigenvalue weighted by molar-refractivity contribution is -0.146. The first-order valence-corrected chi connectivity index (χ1v) is 22.3. The molecule has 2 saturated heterocycles. The summed E-state index contributed by atoms with van der Waals surface area (Å²) in [5.74, 6) is -0.577. The van der Waals surface area contributed by atoms with Crippen LogP contribution in [0.3, 0.4) is 0 Å². The summed E-state index contributed by atoms with van der Waals surface area (Å²) < 4.78 is 9.67. The summed E-state index contributed by atoms with van der Waals surface area (Å²) in [7, 11) is -2.87. The summed E-state index contributed by atoms with van der Waals surface area (Å²) >= 11 is 3.66. The van der Waals surface area contributed by atoms with Crippen molar-refractivity contribution in [3.8, 4) is 0 Å². The highest BCUT2D eigenvalue weighted by Crippen LogP contribution is 2.60. The zero-order valence-corrected chi connectivity index (χ0v) is 32.7. The van der Waals surface area contributed by atoms with Crippen molar-refractivity contribution in [3.63, 3.8) is 0 Å². The molecule has 2 N–H and O–H groups in total. The van der Waals surface area contributed by atoms with E-state index in [9.17, 15) is 19.5 Å². The minimum atomic E-state index is -2.87. The van der Waals surface area contributed by atoms with Crippen molar-refractivity contribution in [3.05, 3.63) is 106 Å². The van der Waals surface area contributed by atoms with Crippen molar-refractivity contribution in [2.45, 2.75) is 94.8 Å². The monoisotopic (exact) mass is 785 g/mol. The van der Waals surface area contributed by atoms with Crippen molar-refractivity contribution >= 4 is 47.4 Å². The van der Waals surface area contributed by atoms with E-state index in [-0.39, 0.29) is 35.8 Å². The molecule has 3 aromatic carbocycles. The molecule has 12 heteroatoms. The first-order valence-electron chi connectivity index (χ1n) is 18.5. The second-order valence-electron chi connectivity index (χ2n) is 15.1. The molecule has 2 fully saturated rings. The van der Waals surface area contributed by atoms with Crippen molar-refractivity contribution < 1.29 is 24.2 Å². The van der Waals surface area contributed by atoms with Crippen LogP contribution in [0.25, 0.3) is 0 Å². The summed E-state index contributed by atoms with van der Waals surface area (Å²) in [4.78, 5) is 43.5. The van der Waals surface area contributed by atoms with Crippen LogP contribution in [-0.2, 0) is 33.0 Å². The van der Waals surface area contributed by atoms with E-state index in [1.807, 2.05) is 102 Å². The molecule has 5 atom stereocenters. The molecule has 10 nitrogen and oxygen atoms in total. The van der Waals surface area contributed by atoms with Gasteiger partial charge in [-0.2, -0.15) is 0 Å². The molecule has 0 aliphatic carbocycles. The van der Waals surface area contributed by atoms with Crippen molar-refractivity contribution in [2.75, 3.05) is 23.0 Å². The number of aromatic nitrogens is 3. The number of aryl methyl sites for hydroxylation is 1. The van der Waals surface area contributed by atoms with Gasteiger partial charge in [-0.25, -0.2) is 0 Å². The van der Waals surface area contributed by atoms with E-state index >= 15 is 0 Å². The van der Waals surface area contributed by atoms with E-state index in [1.54, 1.807) is 4.68 Å². The Morgan fingerprint density at radius 2 is 1.81 bits per heavy atom. The van der Waals surface area contributed by atoms with Crippen molar-refractivity contribution in [2.24, 2.45) is 5.92 Å². The molecule has 1 unspecified atom stereocenters. The van der Waals surface area contributed by atoms with Gasteiger partial charge in [0, 0.05) is 52.9 Å². The number of aliphatic hydroxyl groups is 1. The van der Waals surface area contributed by atoms with Crippen LogP contribution in [0.15, 0.2) is 83.5 Å². The fraction of sp³-hybridized carbons (Fsp3) is 0.450. The third-order valence-corrected chi connectivity index (χ3v) is 14.3. The number of carbonyl (C=O) groups excluding carboxylic acids is 2. The fourth-order valence-corrected chi connectivity index (χ4v) is 11.8. The molecule has 1 aromatic heterocycles. The molecule has 3 aliphatic rings. The van der Waals surface area contributed by atoms with Gasteiger partial charge in [0.2, 0.25) is 5.91 Å². The Hall–Kier alpha value is -3.68. The van der Waals surface area contributed by atoms with Gasteiger partial charge in [0.25, 0.3) is 5.91 Å². The number of fused-ring (bicyclic) bond motifs is 2. The number of nitrogens with zero attached hydrogens (tertiary/aromatic N) is 5. The van der Waals surface area contributed by atoms with Crippen LogP contribution in [0.2, 0.25) is 18.6 Å². The molecule has 4 aromatic rings. The van der Waals surface area contributed by atoms with E-state index in [4.69, 9.17) is 4.74 Å². The normalized spacial score (nSPS) is 24.3. The molecule has 0 bridgehead atoms. The summed E-state index contributed by atoms with van der Waals surface area (Å²) in [6.07, 6.45) is 6.63. The van der Waals surface area contributed by atoms with Crippen LogP contribution < -0.4 is 9.80 Å². The number of anilines is 2. The topological polar surface area (TPSA) is 121 Å². The quantitative estimate of drug-likeness (QED) is 0.168. The Bertz CT molecular complexity index is 1920. The van der Waals surface area contributed by atoms with Gasteiger partial charge in [-0.3, -0.25) is 14.3 Å². The zero-order chi connectivity index (χ0) is 36.6. The van der Waals surface area contributed by atoms with E-state index in [0.29, 0.717) is 38.2 Å². The smallest absolute Gasteiger partial charge is 0.264 e. The van der Waals surface area contributed by atoms with Gasteiger partial charge in [0.05, 0.1) is 36.6 Å². The minimum absolute atomic E-state index is 0.0882. The molecular weight excluding hydrogens is 738 g/mol. The third-order valence-electron chi connectivity index (χ3n) is 11.3. The van der Waals surface area contributed by atoms with E-state index in [1.165, 1.54) is 0 Å². The van der Waals surface area contributed by atoms with Crippen LogP contribution in [0.5, 0.6) is 0 Å². The van der Waals surface area contributed by atoms with Crippen molar-refractivity contribution in [1.29, 1.82) is 0 Å². The Kier molecular flexibility index (Phi) is 10.6. The molecule has 274 valence electrons. The Morgan fingerprint density at radius 1 is 1.02 bits per heavy atom. The molecule has 0 saturated carbocycles. The average molecular weight is 787 g/mol. The highest BCUT2D eigenvalue weighted by molar-refractivity contribution is 9.10. The van der Waals surface area contributed by atoms with Gasteiger partial charge < -0.3 is 24.4 Å². The number of halogens is 1. The molecule has 3 aliphatic heterocycles. The molecular formula is C40H48BrN5O5Si. The van der Waals surface area contributed by atoms with Crippen LogP contribution >= 0.6 is 15.9 Å². The van der Waals surface area contributed by atoms with Gasteiger partial charge in [-0.05, 0) is 73.8 Å². The third kappa shape index (κ3) is 6.91. The van der Waals surface area contributed by atoms with E-state index < -0.39 is 20.0 Å². The molecule has 52 heavy (non-hydrogen) atoms. The van der Waals surface area contributed by atoms with Gasteiger partial charge in [0.1, 0.15) is 0 Å². The second kappa shape index (κ2) is 15.0. The maximum atomic E-state index is 15.0. The molecule has 0 radical (unpaired) electrons. The predicted molar refractivity (Wildman–Crippen MR) is 206 cm³/mol. The first-order chi connectivity index (χ1) is 25.0.